The number of aryl methyl sites for hydroxylation is 1. The Bertz CT molecular complexity index is 386. The molecule has 1 N–H and O–H groups in total. The van der Waals surface area contributed by atoms with Crippen LogP contribution >= 0.6 is 11.6 Å². The SMILES string of the molecule is CCc1nc(Cl)cc(NC(C)(C)C2CC2)n1. The van der Waals surface area contributed by atoms with Crippen LogP contribution in [0.5, 0.6) is 0 Å². The molecule has 3 nitrogen and oxygen atoms in total. The van der Waals surface area contributed by atoms with Crippen LogP contribution in [0.4, 0.5) is 5.82 Å². The zero-order valence-corrected chi connectivity index (χ0v) is 10.8. The molecule has 0 bridgehead atoms. The lowest BCUT2D eigenvalue weighted by molar-refractivity contribution is 0.492. The van der Waals surface area contributed by atoms with Crippen LogP contribution in [-0.2, 0) is 6.42 Å². The molecule has 0 unspecified atom stereocenters. The zero-order chi connectivity index (χ0) is 11.8. The van der Waals surface area contributed by atoms with E-state index in [0.717, 1.165) is 24.0 Å². The molecule has 16 heavy (non-hydrogen) atoms. The predicted octanol–water partition coefficient (Wildman–Crippen LogP) is 3.29. The molecule has 2 rings (SSSR count). The standard InChI is InChI=1S/C12H18ClN3/c1-4-10-14-9(13)7-11(15-10)16-12(2,3)8-5-6-8/h7-8H,4-6H2,1-3H3,(H,14,15,16). The predicted molar refractivity (Wildman–Crippen MR) is 66.8 cm³/mol. The third kappa shape index (κ3) is 2.64. The Labute approximate surface area is 102 Å². The fourth-order valence-corrected chi connectivity index (χ4v) is 2.12. The van der Waals surface area contributed by atoms with E-state index in [2.05, 4.69) is 29.1 Å². The second kappa shape index (κ2) is 4.21. The first-order valence-corrected chi connectivity index (χ1v) is 6.20. The molecule has 0 radical (unpaired) electrons. The minimum atomic E-state index is 0.0999. The van der Waals surface area contributed by atoms with Crippen molar-refractivity contribution in [2.75, 3.05) is 5.32 Å². The molecular formula is C12H18ClN3. The van der Waals surface area contributed by atoms with Gasteiger partial charge < -0.3 is 5.32 Å². The van der Waals surface area contributed by atoms with Crippen molar-refractivity contribution >= 4 is 17.4 Å². The maximum atomic E-state index is 5.96. The van der Waals surface area contributed by atoms with Gasteiger partial charge in [0, 0.05) is 18.0 Å². The second-order valence-corrected chi connectivity index (χ2v) is 5.35. The fraction of sp³-hybridized carbons (Fsp3) is 0.667. The van der Waals surface area contributed by atoms with Crippen molar-refractivity contribution in [2.24, 2.45) is 5.92 Å². The Hall–Kier alpha value is -0.830. The number of nitrogens with one attached hydrogen (secondary N) is 1. The highest BCUT2D eigenvalue weighted by Crippen LogP contribution is 2.40. The van der Waals surface area contributed by atoms with Crippen LogP contribution in [0.25, 0.3) is 0 Å². The van der Waals surface area contributed by atoms with Crippen LogP contribution in [0.15, 0.2) is 6.07 Å². The summed E-state index contributed by atoms with van der Waals surface area (Å²) in [7, 11) is 0. The number of hydrogen-bond acceptors (Lipinski definition) is 3. The average molecular weight is 240 g/mol. The van der Waals surface area contributed by atoms with E-state index < -0.39 is 0 Å². The van der Waals surface area contributed by atoms with E-state index in [-0.39, 0.29) is 5.54 Å². The number of hydrogen-bond donors (Lipinski definition) is 1. The van der Waals surface area contributed by atoms with Gasteiger partial charge in [-0.2, -0.15) is 0 Å². The molecule has 1 fully saturated rings. The highest BCUT2D eigenvalue weighted by molar-refractivity contribution is 6.29. The van der Waals surface area contributed by atoms with Gasteiger partial charge in [-0.1, -0.05) is 18.5 Å². The van der Waals surface area contributed by atoms with Crippen molar-refractivity contribution in [3.05, 3.63) is 17.0 Å². The highest BCUT2D eigenvalue weighted by Gasteiger charge is 2.37. The van der Waals surface area contributed by atoms with Crippen LogP contribution in [0.1, 0.15) is 39.4 Å². The lowest BCUT2D eigenvalue weighted by Crippen LogP contribution is -2.33. The summed E-state index contributed by atoms with van der Waals surface area (Å²) in [6.07, 6.45) is 3.41. The monoisotopic (exact) mass is 239 g/mol. The molecule has 1 aromatic rings. The summed E-state index contributed by atoms with van der Waals surface area (Å²) in [5.74, 6) is 2.39. The van der Waals surface area contributed by atoms with E-state index in [0.29, 0.717) is 5.15 Å². The molecule has 1 heterocycles. The van der Waals surface area contributed by atoms with Crippen LogP contribution in [0.2, 0.25) is 5.15 Å². The third-order valence-electron chi connectivity index (χ3n) is 3.11. The number of anilines is 1. The van der Waals surface area contributed by atoms with Gasteiger partial charge in [0.15, 0.2) is 0 Å². The van der Waals surface area contributed by atoms with Gasteiger partial charge >= 0.3 is 0 Å². The van der Waals surface area contributed by atoms with E-state index in [1.54, 1.807) is 6.07 Å². The summed E-state index contributed by atoms with van der Waals surface area (Å²) in [4.78, 5) is 8.60. The Balaban J connectivity index is 2.16. The first-order chi connectivity index (χ1) is 7.51. The molecule has 1 aromatic heterocycles. The van der Waals surface area contributed by atoms with Crippen LogP contribution in [0, 0.1) is 5.92 Å². The van der Waals surface area contributed by atoms with E-state index in [4.69, 9.17) is 11.6 Å². The first kappa shape index (κ1) is 11.6. The summed E-state index contributed by atoms with van der Waals surface area (Å²) in [6.45, 7) is 6.46. The van der Waals surface area contributed by atoms with Gasteiger partial charge in [0.25, 0.3) is 0 Å². The van der Waals surface area contributed by atoms with Gasteiger partial charge in [-0.15, -0.1) is 0 Å². The van der Waals surface area contributed by atoms with Crippen LogP contribution in [0.3, 0.4) is 0 Å². The Morgan fingerprint density at radius 3 is 2.69 bits per heavy atom. The van der Waals surface area contributed by atoms with Gasteiger partial charge in [0.05, 0.1) is 0 Å². The van der Waals surface area contributed by atoms with Gasteiger partial charge in [-0.05, 0) is 32.6 Å². The zero-order valence-electron chi connectivity index (χ0n) is 10.0. The number of rotatable bonds is 4. The highest BCUT2D eigenvalue weighted by atomic mass is 35.5. The van der Waals surface area contributed by atoms with Crippen molar-refractivity contribution in [3.63, 3.8) is 0 Å². The van der Waals surface area contributed by atoms with E-state index in [9.17, 15) is 0 Å². The van der Waals surface area contributed by atoms with Gasteiger partial charge in [0.1, 0.15) is 16.8 Å². The maximum Gasteiger partial charge on any atom is 0.134 e. The normalized spacial score (nSPS) is 16.2. The molecule has 1 aliphatic rings. The maximum absolute atomic E-state index is 5.96. The third-order valence-corrected chi connectivity index (χ3v) is 3.30. The molecule has 4 heteroatoms. The summed E-state index contributed by atoms with van der Waals surface area (Å²) in [6, 6.07) is 1.80. The minimum Gasteiger partial charge on any atom is -0.365 e. The number of aromatic nitrogens is 2. The number of nitrogens with zero attached hydrogens (tertiary/aromatic N) is 2. The largest absolute Gasteiger partial charge is 0.365 e. The summed E-state index contributed by atoms with van der Waals surface area (Å²) < 4.78 is 0. The first-order valence-electron chi connectivity index (χ1n) is 5.83. The Morgan fingerprint density at radius 1 is 1.44 bits per heavy atom. The summed E-state index contributed by atoms with van der Waals surface area (Å²) in [5, 5.41) is 3.97. The van der Waals surface area contributed by atoms with Crippen LogP contribution < -0.4 is 5.32 Å². The lowest BCUT2D eigenvalue weighted by Gasteiger charge is -2.27. The van der Waals surface area contributed by atoms with Crippen molar-refractivity contribution in [1.29, 1.82) is 0 Å². The van der Waals surface area contributed by atoms with Gasteiger partial charge in [-0.3, -0.25) is 0 Å². The summed E-state index contributed by atoms with van der Waals surface area (Å²) in [5.41, 5.74) is 0.0999. The fourth-order valence-electron chi connectivity index (χ4n) is 1.92. The number of halogens is 1. The second-order valence-electron chi connectivity index (χ2n) is 4.97. The smallest absolute Gasteiger partial charge is 0.134 e. The van der Waals surface area contributed by atoms with E-state index >= 15 is 0 Å². The Kier molecular flexibility index (Phi) is 3.06. The molecule has 0 saturated heterocycles. The molecule has 88 valence electrons. The molecule has 0 amide bonds. The van der Waals surface area contributed by atoms with Crippen molar-refractivity contribution < 1.29 is 0 Å². The van der Waals surface area contributed by atoms with E-state index in [1.165, 1.54) is 12.8 Å². The molecular weight excluding hydrogens is 222 g/mol. The van der Waals surface area contributed by atoms with Gasteiger partial charge in [-0.25, -0.2) is 9.97 Å². The van der Waals surface area contributed by atoms with Crippen LogP contribution in [-0.4, -0.2) is 15.5 Å². The lowest BCUT2D eigenvalue weighted by atomic mass is 9.99. The van der Waals surface area contributed by atoms with Gasteiger partial charge in [0.2, 0.25) is 0 Å². The molecule has 1 saturated carbocycles. The molecule has 0 aliphatic heterocycles. The Morgan fingerprint density at radius 2 is 2.12 bits per heavy atom. The quantitative estimate of drug-likeness (QED) is 0.820. The molecule has 0 atom stereocenters. The average Bonchev–Trinajstić information content (AvgIpc) is 2.98. The van der Waals surface area contributed by atoms with E-state index in [1.807, 2.05) is 6.92 Å². The molecule has 0 spiro atoms. The topological polar surface area (TPSA) is 37.8 Å². The van der Waals surface area contributed by atoms with Crippen molar-refractivity contribution in [3.8, 4) is 0 Å². The van der Waals surface area contributed by atoms with Crippen molar-refractivity contribution in [2.45, 2.75) is 45.6 Å². The molecule has 1 aliphatic carbocycles. The molecule has 0 aromatic carbocycles. The van der Waals surface area contributed by atoms with Crippen molar-refractivity contribution in [1.82, 2.24) is 9.97 Å². The summed E-state index contributed by atoms with van der Waals surface area (Å²) >= 11 is 5.96. The minimum absolute atomic E-state index is 0.0999.